The van der Waals surface area contributed by atoms with E-state index >= 15 is 0 Å². The molecule has 2 rings (SSSR count). The molecule has 86 valence electrons. The first-order valence-corrected chi connectivity index (χ1v) is 5.24. The average Bonchev–Trinajstić information content (AvgIpc) is 2.24. The fourth-order valence-electron chi connectivity index (χ4n) is 1.88. The molecule has 3 nitrogen and oxygen atoms in total. The Labute approximate surface area is 93.4 Å². The van der Waals surface area contributed by atoms with E-state index in [-0.39, 0.29) is 11.5 Å². The van der Waals surface area contributed by atoms with Crippen LogP contribution in [-0.4, -0.2) is 18.4 Å². The van der Waals surface area contributed by atoms with E-state index in [2.05, 4.69) is 0 Å². The first-order valence-electron chi connectivity index (χ1n) is 5.24. The standard InChI is InChI=1S/C12H14FNO2/c1-16-10-4-3-8(7-9(10)13)11(15)12(14)5-2-6-12/h3-4,7H,2,5-6,14H2,1H3. The number of halogens is 1. The molecule has 0 heterocycles. The van der Waals surface area contributed by atoms with Crippen molar-refractivity contribution < 1.29 is 13.9 Å². The summed E-state index contributed by atoms with van der Waals surface area (Å²) in [5, 5.41) is 0. The fourth-order valence-corrected chi connectivity index (χ4v) is 1.88. The van der Waals surface area contributed by atoms with Crippen LogP contribution in [0, 0.1) is 5.82 Å². The van der Waals surface area contributed by atoms with Crippen LogP contribution in [0.3, 0.4) is 0 Å². The van der Waals surface area contributed by atoms with Gasteiger partial charge in [0.15, 0.2) is 17.3 Å². The van der Waals surface area contributed by atoms with E-state index < -0.39 is 11.4 Å². The lowest BCUT2D eigenvalue weighted by atomic mass is 9.73. The molecule has 0 aliphatic heterocycles. The lowest BCUT2D eigenvalue weighted by molar-refractivity contribution is 0.0800. The van der Waals surface area contributed by atoms with E-state index in [0.29, 0.717) is 18.4 Å². The number of hydrogen-bond acceptors (Lipinski definition) is 3. The Bertz CT molecular complexity index is 427. The van der Waals surface area contributed by atoms with Gasteiger partial charge in [-0.2, -0.15) is 0 Å². The van der Waals surface area contributed by atoms with Gasteiger partial charge < -0.3 is 10.5 Å². The van der Waals surface area contributed by atoms with Gasteiger partial charge in [-0.3, -0.25) is 4.79 Å². The molecule has 1 aromatic carbocycles. The summed E-state index contributed by atoms with van der Waals surface area (Å²) >= 11 is 0. The SMILES string of the molecule is COc1ccc(C(=O)C2(N)CCC2)cc1F. The molecule has 1 fully saturated rings. The van der Waals surface area contributed by atoms with Crippen molar-refractivity contribution in [3.05, 3.63) is 29.6 Å². The highest BCUT2D eigenvalue weighted by Gasteiger charge is 2.40. The molecule has 0 aromatic heterocycles. The van der Waals surface area contributed by atoms with Gasteiger partial charge >= 0.3 is 0 Å². The summed E-state index contributed by atoms with van der Waals surface area (Å²) in [6, 6.07) is 4.19. The zero-order chi connectivity index (χ0) is 11.8. The number of benzene rings is 1. The second-order valence-corrected chi connectivity index (χ2v) is 4.19. The molecule has 0 amide bonds. The summed E-state index contributed by atoms with van der Waals surface area (Å²) in [5.74, 6) is -0.576. The Hall–Kier alpha value is -1.42. The molecule has 0 atom stereocenters. The van der Waals surface area contributed by atoms with Gasteiger partial charge in [-0.25, -0.2) is 4.39 Å². The van der Waals surface area contributed by atoms with Gasteiger partial charge in [0.05, 0.1) is 12.6 Å². The molecule has 1 aliphatic carbocycles. The Morgan fingerprint density at radius 1 is 1.50 bits per heavy atom. The molecule has 0 spiro atoms. The zero-order valence-electron chi connectivity index (χ0n) is 9.13. The number of Topliss-reactive ketones (excluding diaryl/α,β-unsaturated/α-hetero) is 1. The summed E-state index contributed by atoms with van der Waals surface area (Å²) in [4.78, 5) is 12.0. The third-order valence-corrected chi connectivity index (χ3v) is 3.11. The molecule has 1 aliphatic rings. The molecule has 16 heavy (non-hydrogen) atoms. The largest absolute Gasteiger partial charge is 0.494 e. The van der Waals surface area contributed by atoms with Crippen LogP contribution in [-0.2, 0) is 0 Å². The number of methoxy groups -OCH3 is 1. The summed E-state index contributed by atoms with van der Waals surface area (Å²) < 4.78 is 18.2. The Kier molecular flexibility index (Phi) is 2.68. The lowest BCUT2D eigenvalue weighted by Gasteiger charge is -2.36. The van der Waals surface area contributed by atoms with Crippen molar-refractivity contribution in [2.75, 3.05) is 7.11 Å². The van der Waals surface area contributed by atoms with Crippen LogP contribution in [0.2, 0.25) is 0 Å². The number of rotatable bonds is 3. The minimum Gasteiger partial charge on any atom is -0.494 e. The molecular weight excluding hydrogens is 209 g/mol. The van der Waals surface area contributed by atoms with Crippen molar-refractivity contribution in [1.29, 1.82) is 0 Å². The van der Waals surface area contributed by atoms with E-state index in [9.17, 15) is 9.18 Å². The van der Waals surface area contributed by atoms with E-state index in [4.69, 9.17) is 10.5 Å². The van der Waals surface area contributed by atoms with Crippen molar-refractivity contribution in [2.24, 2.45) is 5.73 Å². The molecule has 0 saturated heterocycles. The maximum Gasteiger partial charge on any atom is 0.182 e. The molecular formula is C12H14FNO2. The van der Waals surface area contributed by atoms with Gasteiger partial charge in [-0.1, -0.05) is 0 Å². The minimum atomic E-state index is -0.777. The molecule has 0 unspecified atom stereocenters. The third kappa shape index (κ3) is 1.69. The predicted molar refractivity (Wildman–Crippen MR) is 58.1 cm³/mol. The van der Waals surface area contributed by atoms with Gasteiger partial charge in [0.1, 0.15) is 0 Å². The van der Waals surface area contributed by atoms with Gasteiger partial charge in [-0.05, 0) is 37.5 Å². The lowest BCUT2D eigenvalue weighted by Crippen LogP contribution is -2.53. The number of nitrogens with two attached hydrogens (primary N) is 1. The molecule has 0 bridgehead atoms. The summed E-state index contributed by atoms with van der Waals surface area (Å²) in [7, 11) is 1.39. The monoisotopic (exact) mass is 223 g/mol. The van der Waals surface area contributed by atoms with Crippen molar-refractivity contribution in [3.63, 3.8) is 0 Å². The van der Waals surface area contributed by atoms with Crippen LogP contribution in [0.4, 0.5) is 4.39 Å². The Morgan fingerprint density at radius 2 is 2.19 bits per heavy atom. The van der Waals surface area contributed by atoms with Crippen LogP contribution in [0.1, 0.15) is 29.6 Å². The topological polar surface area (TPSA) is 52.3 Å². The van der Waals surface area contributed by atoms with Crippen LogP contribution >= 0.6 is 0 Å². The van der Waals surface area contributed by atoms with E-state index in [1.807, 2.05) is 0 Å². The second-order valence-electron chi connectivity index (χ2n) is 4.19. The van der Waals surface area contributed by atoms with Crippen LogP contribution in [0.15, 0.2) is 18.2 Å². The van der Waals surface area contributed by atoms with Crippen molar-refractivity contribution in [3.8, 4) is 5.75 Å². The van der Waals surface area contributed by atoms with Crippen molar-refractivity contribution in [1.82, 2.24) is 0 Å². The maximum absolute atomic E-state index is 13.4. The third-order valence-electron chi connectivity index (χ3n) is 3.11. The van der Waals surface area contributed by atoms with Crippen LogP contribution in [0.5, 0.6) is 5.75 Å². The average molecular weight is 223 g/mol. The van der Waals surface area contributed by atoms with Crippen molar-refractivity contribution >= 4 is 5.78 Å². The zero-order valence-corrected chi connectivity index (χ0v) is 9.13. The first kappa shape index (κ1) is 11.1. The highest BCUT2D eigenvalue weighted by atomic mass is 19.1. The molecule has 2 N–H and O–H groups in total. The Balaban J connectivity index is 2.27. The molecule has 1 saturated carbocycles. The van der Waals surface area contributed by atoms with E-state index in [0.717, 1.165) is 6.42 Å². The van der Waals surface area contributed by atoms with Crippen LogP contribution in [0.25, 0.3) is 0 Å². The number of carbonyl (C=O) groups excluding carboxylic acids is 1. The van der Waals surface area contributed by atoms with Gasteiger partial charge in [-0.15, -0.1) is 0 Å². The maximum atomic E-state index is 13.4. The number of hydrogen-bond donors (Lipinski definition) is 1. The normalized spacial score (nSPS) is 17.7. The summed E-state index contributed by atoms with van der Waals surface area (Å²) in [6.45, 7) is 0. The quantitative estimate of drug-likeness (QED) is 0.796. The van der Waals surface area contributed by atoms with Gasteiger partial charge in [0.2, 0.25) is 0 Å². The number of ether oxygens (including phenoxy) is 1. The molecule has 4 heteroatoms. The smallest absolute Gasteiger partial charge is 0.182 e. The highest BCUT2D eigenvalue weighted by Crippen LogP contribution is 2.33. The second kappa shape index (κ2) is 3.87. The summed E-state index contributed by atoms with van der Waals surface area (Å²) in [6.07, 6.45) is 2.32. The summed E-state index contributed by atoms with van der Waals surface area (Å²) in [5.41, 5.74) is 5.44. The molecule has 1 aromatic rings. The molecule has 0 radical (unpaired) electrons. The van der Waals surface area contributed by atoms with Gasteiger partial charge in [0.25, 0.3) is 0 Å². The van der Waals surface area contributed by atoms with Crippen molar-refractivity contribution in [2.45, 2.75) is 24.8 Å². The highest BCUT2D eigenvalue weighted by molar-refractivity contribution is 6.03. The van der Waals surface area contributed by atoms with E-state index in [1.54, 1.807) is 6.07 Å². The number of ketones is 1. The van der Waals surface area contributed by atoms with E-state index in [1.165, 1.54) is 19.2 Å². The van der Waals surface area contributed by atoms with Crippen LogP contribution < -0.4 is 10.5 Å². The first-order chi connectivity index (χ1) is 7.57. The van der Waals surface area contributed by atoms with Gasteiger partial charge in [0, 0.05) is 5.56 Å². The predicted octanol–water partition coefficient (Wildman–Crippen LogP) is 1.90. The fraction of sp³-hybridized carbons (Fsp3) is 0.417. The minimum absolute atomic E-state index is 0.135. The number of carbonyl (C=O) groups is 1. The Morgan fingerprint density at radius 3 is 2.62 bits per heavy atom.